The van der Waals surface area contributed by atoms with Gasteiger partial charge in [0, 0.05) is 17.6 Å². The van der Waals surface area contributed by atoms with Gasteiger partial charge in [0.2, 0.25) is 11.1 Å². The van der Waals surface area contributed by atoms with Crippen LogP contribution < -0.4 is 15.1 Å². The minimum absolute atomic E-state index is 0.202. The molecule has 0 radical (unpaired) electrons. The maximum Gasteiger partial charge on any atom is 0.325 e. The van der Waals surface area contributed by atoms with E-state index in [1.54, 1.807) is 33.8 Å². The maximum atomic E-state index is 13.5. The number of aromatic amines is 1. The number of hydrogen-bond acceptors (Lipinski definition) is 4. The van der Waals surface area contributed by atoms with E-state index in [2.05, 4.69) is 10.1 Å². The van der Waals surface area contributed by atoms with Gasteiger partial charge in [0.1, 0.15) is 5.82 Å². The molecule has 0 spiro atoms. The lowest BCUT2D eigenvalue weighted by atomic mass is 10.0. The molecule has 4 rings (SSSR count). The number of hydrogen-bond donors (Lipinski definition) is 1. The second kappa shape index (κ2) is 7.20. The first-order chi connectivity index (χ1) is 13.5. The number of amides is 1. The predicted molar refractivity (Wildman–Crippen MR) is 105 cm³/mol. The Labute approximate surface area is 165 Å². The molecule has 142 valence electrons. The van der Waals surface area contributed by atoms with E-state index in [9.17, 15) is 14.0 Å². The molecule has 28 heavy (non-hydrogen) atoms. The summed E-state index contributed by atoms with van der Waals surface area (Å²) in [6, 6.07) is 13.1. The van der Waals surface area contributed by atoms with Gasteiger partial charge >= 0.3 is 11.3 Å². The van der Waals surface area contributed by atoms with Crippen molar-refractivity contribution in [1.82, 2.24) is 10.1 Å². The number of aromatic nitrogens is 3. The fraction of sp³-hybridized carbons (Fsp3) is 0.200. The average Bonchev–Trinajstić information content (AvgIpc) is 2.67. The minimum atomic E-state index is -0.693. The van der Waals surface area contributed by atoms with Crippen LogP contribution in [0.4, 0.5) is 10.1 Å². The van der Waals surface area contributed by atoms with E-state index in [4.69, 9.17) is 0 Å². The van der Waals surface area contributed by atoms with Crippen molar-refractivity contribution in [3.63, 3.8) is 0 Å². The first-order valence-electron chi connectivity index (χ1n) is 8.85. The predicted octanol–water partition coefficient (Wildman–Crippen LogP) is 2.89. The number of carbonyl (C=O) groups excluding carboxylic acids is 1. The van der Waals surface area contributed by atoms with Crippen molar-refractivity contribution in [2.24, 2.45) is 0 Å². The number of H-pyrrole nitrogens is 1. The Morgan fingerprint density at radius 3 is 2.64 bits per heavy atom. The van der Waals surface area contributed by atoms with Gasteiger partial charge in [-0.05, 0) is 46.8 Å². The van der Waals surface area contributed by atoms with Gasteiger partial charge in [0.05, 0.1) is 11.3 Å². The largest absolute Gasteiger partial charge is 0.325 e. The molecule has 1 aromatic heterocycles. The molecule has 0 saturated heterocycles. The zero-order chi connectivity index (χ0) is 19.8. The molecule has 0 saturated carbocycles. The molecule has 6 nitrogen and oxygen atoms in total. The number of halogens is 1. The minimum Gasteiger partial charge on any atom is -0.291 e. The first kappa shape index (κ1) is 18.4. The van der Waals surface area contributed by atoms with E-state index in [0.717, 1.165) is 5.75 Å². The topological polar surface area (TPSA) is 69.9 Å². The summed E-state index contributed by atoms with van der Waals surface area (Å²) >= 11 is 1.40. The summed E-state index contributed by atoms with van der Waals surface area (Å²) in [6.07, 6.45) is -0.693. The summed E-state index contributed by atoms with van der Waals surface area (Å²) in [5, 5.41) is 5.08. The zero-order valence-electron chi connectivity index (χ0n) is 15.3. The second-order valence-corrected chi connectivity index (χ2v) is 7.57. The van der Waals surface area contributed by atoms with Gasteiger partial charge in [-0.2, -0.15) is 0 Å². The van der Waals surface area contributed by atoms with Crippen LogP contribution in [0.2, 0.25) is 0 Å². The molecule has 0 unspecified atom stereocenters. The highest BCUT2D eigenvalue weighted by Gasteiger charge is 2.44. The highest BCUT2D eigenvalue weighted by atomic mass is 32.2. The van der Waals surface area contributed by atoms with Crippen molar-refractivity contribution in [2.75, 3.05) is 10.7 Å². The summed E-state index contributed by atoms with van der Waals surface area (Å²) in [5.41, 5.74) is 1.98. The number of nitrogens with zero attached hydrogens (tertiary/aromatic N) is 3. The number of nitrogens with one attached hydrogen (secondary N) is 1. The molecule has 1 aliphatic heterocycles. The molecule has 8 heteroatoms. The van der Waals surface area contributed by atoms with E-state index >= 15 is 0 Å². The molecular weight excluding hydrogens is 379 g/mol. The summed E-state index contributed by atoms with van der Waals surface area (Å²) in [4.78, 5) is 30.0. The van der Waals surface area contributed by atoms with E-state index in [0.29, 0.717) is 27.7 Å². The molecule has 2 heterocycles. The lowest BCUT2D eigenvalue weighted by Gasteiger charge is -2.31. The Morgan fingerprint density at radius 1 is 1.25 bits per heavy atom. The number of carbonyl (C=O) groups is 1. The van der Waals surface area contributed by atoms with Crippen molar-refractivity contribution in [2.45, 2.75) is 25.2 Å². The second-order valence-electron chi connectivity index (χ2n) is 6.32. The van der Waals surface area contributed by atoms with E-state index in [1.807, 2.05) is 19.1 Å². The fourth-order valence-corrected chi connectivity index (χ4v) is 4.03. The molecule has 1 N–H and O–H groups in total. The molecule has 0 fully saturated rings. The first-order valence-corrected chi connectivity index (χ1v) is 9.83. The Morgan fingerprint density at radius 2 is 1.96 bits per heavy atom. The Bertz CT molecular complexity index is 1110. The normalized spacial score (nSPS) is 15.1. The molecule has 0 bridgehead atoms. The molecule has 1 aliphatic rings. The van der Waals surface area contributed by atoms with E-state index in [-0.39, 0.29) is 17.3 Å². The number of para-hydroxylation sites is 1. The van der Waals surface area contributed by atoms with Gasteiger partial charge in [-0.15, -0.1) is 0 Å². The Balaban J connectivity index is 2.06. The highest BCUT2D eigenvalue weighted by molar-refractivity contribution is 7.99. The summed E-state index contributed by atoms with van der Waals surface area (Å²) < 4.78 is 15.1. The van der Waals surface area contributed by atoms with Gasteiger partial charge in [-0.25, -0.2) is 9.29 Å². The van der Waals surface area contributed by atoms with Gasteiger partial charge < -0.3 is 0 Å². The quantitative estimate of drug-likeness (QED) is 0.545. The molecule has 1 atom stereocenters. The Hall–Kier alpha value is -3.00. The van der Waals surface area contributed by atoms with Crippen LogP contribution in [-0.4, -0.2) is 21.7 Å². The van der Waals surface area contributed by atoms with E-state index < -0.39 is 6.17 Å². The monoisotopic (exact) mass is 397 g/mol. The van der Waals surface area contributed by atoms with Crippen molar-refractivity contribution in [3.05, 3.63) is 70.3 Å². The number of thioether (sulfide) groups is 1. The van der Waals surface area contributed by atoms with Crippen molar-refractivity contribution >= 4 is 23.4 Å². The van der Waals surface area contributed by atoms with Crippen LogP contribution in [0.1, 0.15) is 25.6 Å². The van der Waals surface area contributed by atoms with Crippen LogP contribution in [0.3, 0.4) is 0 Å². The third-order valence-electron chi connectivity index (χ3n) is 4.55. The van der Waals surface area contributed by atoms with Crippen LogP contribution in [0.25, 0.3) is 11.3 Å². The average molecular weight is 397 g/mol. The summed E-state index contributed by atoms with van der Waals surface area (Å²) in [6.45, 7) is 3.43. The molecule has 2 aromatic carbocycles. The van der Waals surface area contributed by atoms with Crippen molar-refractivity contribution < 1.29 is 13.9 Å². The molecule has 1 amide bonds. The van der Waals surface area contributed by atoms with Gasteiger partial charge in [0.25, 0.3) is 6.17 Å². The smallest absolute Gasteiger partial charge is 0.291 e. The third-order valence-corrected chi connectivity index (χ3v) is 5.29. The van der Waals surface area contributed by atoms with Crippen molar-refractivity contribution in [3.8, 4) is 11.3 Å². The molecule has 3 aromatic rings. The number of fused-ring (bicyclic) bond motifs is 3. The summed E-state index contributed by atoms with van der Waals surface area (Å²) in [5.74, 6) is 0.156. The van der Waals surface area contributed by atoms with Crippen LogP contribution in [0, 0.1) is 5.82 Å². The number of benzene rings is 2. The van der Waals surface area contributed by atoms with Crippen molar-refractivity contribution in [1.29, 1.82) is 0 Å². The SMILES string of the molecule is CCSc1n[n+]2c(c(=O)[nH]1)-c1ccccc1N(C(C)=O)[C@@H]2c1ccc(F)cc1. The van der Waals surface area contributed by atoms with Gasteiger partial charge in [-0.3, -0.25) is 14.6 Å². The van der Waals surface area contributed by atoms with Gasteiger partial charge in [0.15, 0.2) is 0 Å². The van der Waals surface area contributed by atoms with E-state index in [1.165, 1.54) is 30.8 Å². The lowest BCUT2D eigenvalue weighted by molar-refractivity contribution is -0.763. The third kappa shape index (κ3) is 2.99. The summed E-state index contributed by atoms with van der Waals surface area (Å²) in [7, 11) is 0. The van der Waals surface area contributed by atoms with Crippen LogP contribution >= 0.6 is 11.8 Å². The number of anilines is 1. The molecular formula is C20H18FN4O2S+. The Kier molecular flexibility index (Phi) is 4.72. The lowest BCUT2D eigenvalue weighted by Crippen LogP contribution is -2.60. The standard InChI is InChI=1S/C20H17FN4O2S/c1-3-28-20-22-18(27)17-15-6-4-5-7-16(15)24(12(2)26)19(25(17)23-20)13-8-10-14(21)11-9-13/h4-11,19H,3H2,1-2H3/p+1/t19-/m0/s1. The van der Waals surface area contributed by atoms with Crippen LogP contribution in [0.5, 0.6) is 0 Å². The highest BCUT2D eigenvalue weighted by Crippen LogP contribution is 2.37. The number of rotatable bonds is 3. The van der Waals surface area contributed by atoms with Crippen LogP contribution in [-0.2, 0) is 4.79 Å². The molecule has 0 aliphatic carbocycles. The fourth-order valence-electron chi connectivity index (χ4n) is 3.45. The van der Waals surface area contributed by atoms with Gasteiger partial charge in [-0.1, -0.05) is 30.8 Å². The van der Waals surface area contributed by atoms with Crippen LogP contribution in [0.15, 0.2) is 58.5 Å². The maximum absolute atomic E-state index is 13.5. The zero-order valence-corrected chi connectivity index (χ0v) is 16.2.